The lowest BCUT2D eigenvalue weighted by Crippen LogP contribution is -2.40. The molecule has 0 N–H and O–H groups in total. The zero-order valence-electron chi connectivity index (χ0n) is 17.7. The molecule has 2 heterocycles. The van der Waals surface area contributed by atoms with Gasteiger partial charge in [0.1, 0.15) is 0 Å². The van der Waals surface area contributed by atoms with Crippen LogP contribution in [-0.4, -0.2) is 62.0 Å². The topological polar surface area (TPSA) is 94.9 Å². The number of carbonyl (C=O) groups excluding carboxylic acids is 2. The number of ether oxygens (including phenoxy) is 2. The van der Waals surface area contributed by atoms with Crippen molar-refractivity contribution in [1.82, 2.24) is 8.87 Å². The number of nitrogens with zero attached hydrogens (tertiary/aromatic N) is 2. The molecule has 1 aromatic carbocycles. The molecule has 0 atom stereocenters. The Kier molecular flexibility index (Phi) is 6.00. The van der Waals surface area contributed by atoms with Gasteiger partial charge in [-0.15, -0.1) is 0 Å². The van der Waals surface area contributed by atoms with Crippen LogP contribution >= 0.6 is 0 Å². The van der Waals surface area contributed by atoms with Gasteiger partial charge in [-0.2, -0.15) is 4.31 Å². The number of hydrogen-bond acceptors (Lipinski definition) is 6. The molecular formula is C22H26N2O6S. The highest BCUT2D eigenvalue weighted by Gasteiger charge is 2.29. The molecule has 0 bridgehead atoms. The van der Waals surface area contributed by atoms with E-state index in [-0.39, 0.29) is 29.3 Å². The normalized spacial score (nSPS) is 17.5. The summed E-state index contributed by atoms with van der Waals surface area (Å²) in [5, 5.41) is 0. The van der Waals surface area contributed by atoms with E-state index in [1.54, 1.807) is 0 Å². The molecule has 8 nitrogen and oxygen atoms in total. The van der Waals surface area contributed by atoms with Crippen LogP contribution in [0.25, 0.3) is 0 Å². The maximum atomic E-state index is 12.8. The summed E-state index contributed by atoms with van der Waals surface area (Å²) >= 11 is 0. The fourth-order valence-electron chi connectivity index (χ4n) is 3.97. The van der Waals surface area contributed by atoms with E-state index in [1.807, 2.05) is 19.9 Å². The predicted octanol–water partition coefficient (Wildman–Crippen LogP) is 2.50. The molecular weight excluding hydrogens is 420 g/mol. The molecule has 4 rings (SSSR count). The maximum Gasteiger partial charge on any atom is 0.338 e. The van der Waals surface area contributed by atoms with E-state index in [9.17, 15) is 18.0 Å². The van der Waals surface area contributed by atoms with E-state index in [2.05, 4.69) is 4.57 Å². The van der Waals surface area contributed by atoms with Crippen LogP contribution in [0.2, 0.25) is 0 Å². The summed E-state index contributed by atoms with van der Waals surface area (Å²) < 4.78 is 39.5. The quantitative estimate of drug-likeness (QED) is 0.479. The first-order valence-electron chi connectivity index (χ1n) is 10.4. The van der Waals surface area contributed by atoms with Crippen molar-refractivity contribution in [3.8, 4) is 0 Å². The minimum atomic E-state index is -3.73. The molecule has 1 aliphatic heterocycles. The predicted molar refractivity (Wildman–Crippen MR) is 113 cm³/mol. The fourth-order valence-corrected chi connectivity index (χ4v) is 5.42. The van der Waals surface area contributed by atoms with Crippen molar-refractivity contribution in [2.45, 2.75) is 37.6 Å². The molecule has 166 valence electrons. The van der Waals surface area contributed by atoms with Gasteiger partial charge in [0.25, 0.3) is 0 Å². The van der Waals surface area contributed by atoms with E-state index in [1.165, 1.54) is 28.6 Å². The van der Waals surface area contributed by atoms with E-state index < -0.39 is 22.6 Å². The van der Waals surface area contributed by atoms with Crippen molar-refractivity contribution in [3.63, 3.8) is 0 Å². The third-order valence-electron chi connectivity index (χ3n) is 5.71. The van der Waals surface area contributed by atoms with Gasteiger partial charge in [-0.05, 0) is 51.0 Å². The number of Topliss-reactive ketones (excluding diaryl/α,β-unsaturated/α-hetero) is 1. The number of sulfonamides is 1. The van der Waals surface area contributed by atoms with E-state index in [0.29, 0.717) is 24.8 Å². The zero-order valence-corrected chi connectivity index (χ0v) is 18.5. The maximum absolute atomic E-state index is 12.8. The highest BCUT2D eigenvalue weighted by Crippen LogP contribution is 2.38. The Morgan fingerprint density at radius 3 is 2.52 bits per heavy atom. The lowest BCUT2D eigenvalue weighted by atomic mass is 10.1. The smallest absolute Gasteiger partial charge is 0.338 e. The van der Waals surface area contributed by atoms with Crippen LogP contribution in [-0.2, 0) is 19.5 Å². The van der Waals surface area contributed by atoms with Crippen molar-refractivity contribution in [1.29, 1.82) is 0 Å². The highest BCUT2D eigenvalue weighted by atomic mass is 32.2. The first-order chi connectivity index (χ1) is 14.8. The number of morpholine rings is 1. The standard InChI is InChI=1S/C22H26N2O6S/c1-15-12-20(16(2)24(15)18-6-7-18)21(25)14-30-22(26)17-4-3-5-19(13-17)31(27,28)23-8-10-29-11-9-23/h3-5,12-13,18H,6-11,14H2,1-2H3. The van der Waals surface area contributed by atoms with Crippen LogP contribution in [0.15, 0.2) is 35.2 Å². The molecule has 0 radical (unpaired) electrons. The SMILES string of the molecule is Cc1cc(C(=O)COC(=O)c2cccc(S(=O)(=O)N3CCOCC3)c2)c(C)n1C1CC1. The summed E-state index contributed by atoms with van der Waals surface area (Å²) in [7, 11) is -3.73. The van der Waals surface area contributed by atoms with Crippen LogP contribution in [0.5, 0.6) is 0 Å². The molecule has 2 fully saturated rings. The Morgan fingerprint density at radius 1 is 1.13 bits per heavy atom. The molecule has 1 saturated carbocycles. The summed E-state index contributed by atoms with van der Waals surface area (Å²) in [6, 6.07) is 7.99. The molecule has 0 spiro atoms. The first-order valence-corrected chi connectivity index (χ1v) is 11.8. The number of aromatic nitrogens is 1. The molecule has 31 heavy (non-hydrogen) atoms. The second kappa shape index (κ2) is 8.57. The second-order valence-corrected chi connectivity index (χ2v) is 9.87. The number of esters is 1. The number of benzene rings is 1. The Morgan fingerprint density at radius 2 is 1.84 bits per heavy atom. The number of ketones is 1. The van der Waals surface area contributed by atoms with Crippen LogP contribution in [0.3, 0.4) is 0 Å². The van der Waals surface area contributed by atoms with E-state index in [4.69, 9.17) is 9.47 Å². The monoisotopic (exact) mass is 446 g/mol. The number of rotatable bonds is 7. The van der Waals surface area contributed by atoms with Gasteiger partial charge < -0.3 is 14.0 Å². The highest BCUT2D eigenvalue weighted by molar-refractivity contribution is 7.89. The van der Waals surface area contributed by atoms with Crippen LogP contribution in [0.4, 0.5) is 0 Å². The Labute approximate surface area is 181 Å². The summed E-state index contributed by atoms with van der Waals surface area (Å²) in [5.41, 5.74) is 2.56. The molecule has 1 aromatic heterocycles. The van der Waals surface area contributed by atoms with E-state index in [0.717, 1.165) is 24.2 Å². The van der Waals surface area contributed by atoms with Crippen LogP contribution < -0.4 is 0 Å². The molecule has 2 aliphatic rings. The van der Waals surface area contributed by atoms with Crippen molar-refractivity contribution in [2.24, 2.45) is 0 Å². The molecule has 1 saturated heterocycles. The minimum absolute atomic E-state index is 0.0168. The lowest BCUT2D eigenvalue weighted by molar-refractivity contribution is 0.0474. The Hall–Kier alpha value is -2.49. The summed E-state index contributed by atoms with van der Waals surface area (Å²) in [4.78, 5) is 25.2. The third kappa shape index (κ3) is 4.44. The van der Waals surface area contributed by atoms with Crippen molar-refractivity contribution in [2.75, 3.05) is 32.9 Å². The van der Waals surface area contributed by atoms with Gasteiger partial charge in [0.2, 0.25) is 15.8 Å². The summed E-state index contributed by atoms with van der Waals surface area (Å²) in [6.45, 7) is 4.69. The van der Waals surface area contributed by atoms with Gasteiger partial charge >= 0.3 is 5.97 Å². The van der Waals surface area contributed by atoms with Crippen molar-refractivity contribution in [3.05, 3.63) is 52.8 Å². The lowest BCUT2D eigenvalue weighted by Gasteiger charge is -2.26. The fraction of sp³-hybridized carbons (Fsp3) is 0.455. The number of aryl methyl sites for hydroxylation is 1. The van der Waals surface area contributed by atoms with Gasteiger partial charge in [0, 0.05) is 36.1 Å². The Balaban J connectivity index is 1.44. The van der Waals surface area contributed by atoms with Gasteiger partial charge in [0.15, 0.2) is 6.61 Å². The van der Waals surface area contributed by atoms with Gasteiger partial charge in [-0.25, -0.2) is 13.2 Å². The largest absolute Gasteiger partial charge is 0.454 e. The molecule has 0 amide bonds. The average Bonchev–Trinajstić information content (AvgIpc) is 3.56. The number of hydrogen-bond donors (Lipinski definition) is 0. The van der Waals surface area contributed by atoms with Crippen molar-refractivity contribution >= 4 is 21.8 Å². The summed E-state index contributed by atoms with van der Waals surface area (Å²) in [6.07, 6.45) is 2.23. The molecule has 0 unspecified atom stereocenters. The number of carbonyl (C=O) groups is 2. The summed E-state index contributed by atoms with van der Waals surface area (Å²) in [5.74, 6) is -1.01. The third-order valence-corrected chi connectivity index (χ3v) is 7.60. The first kappa shape index (κ1) is 21.7. The zero-order chi connectivity index (χ0) is 22.2. The molecule has 9 heteroatoms. The minimum Gasteiger partial charge on any atom is -0.454 e. The van der Waals surface area contributed by atoms with E-state index >= 15 is 0 Å². The van der Waals surface area contributed by atoms with Gasteiger partial charge in [0.05, 0.1) is 23.7 Å². The Bertz CT molecular complexity index is 1110. The van der Waals surface area contributed by atoms with Gasteiger partial charge in [-0.1, -0.05) is 6.07 Å². The molecule has 1 aliphatic carbocycles. The average molecular weight is 447 g/mol. The van der Waals surface area contributed by atoms with Crippen LogP contribution in [0.1, 0.15) is 51.0 Å². The molecule has 2 aromatic rings. The van der Waals surface area contributed by atoms with Gasteiger partial charge in [-0.3, -0.25) is 4.79 Å². The second-order valence-electron chi connectivity index (χ2n) is 7.93. The van der Waals surface area contributed by atoms with Crippen LogP contribution in [0, 0.1) is 13.8 Å². The van der Waals surface area contributed by atoms with Crippen molar-refractivity contribution < 1.29 is 27.5 Å².